The molecule has 0 saturated carbocycles. The summed E-state index contributed by atoms with van der Waals surface area (Å²) in [5.41, 5.74) is 1.77. The molecule has 1 atom stereocenters. The lowest BCUT2D eigenvalue weighted by atomic mass is 9.93. The van der Waals surface area contributed by atoms with Gasteiger partial charge in [0, 0.05) is 26.1 Å². The van der Waals surface area contributed by atoms with Crippen molar-refractivity contribution in [2.24, 2.45) is 0 Å². The Morgan fingerprint density at radius 2 is 1.93 bits per heavy atom. The molecule has 0 fully saturated rings. The topological polar surface area (TPSA) is 20.2 Å². The second kappa shape index (κ2) is 3.85. The van der Waals surface area contributed by atoms with Gasteiger partial charge in [0.1, 0.15) is 0 Å². The van der Waals surface area contributed by atoms with E-state index in [0.29, 0.717) is 10.0 Å². The van der Waals surface area contributed by atoms with Gasteiger partial charge in [-0.25, -0.2) is 0 Å². The smallest absolute Gasteiger partial charge is 0.0949 e. The maximum atomic E-state index is 10.2. The molecule has 0 aromatic heterocycles. The molecular formula is C11H12Cl2OS. The van der Waals surface area contributed by atoms with Gasteiger partial charge in [-0.1, -0.05) is 23.2 Å². The molecule has 0 spiro atoms. The van der Waals surface area contributed by atoms with Gasteiger partial charge < -0.3 is 5.11 Å². The number of fused-ring (bicyclic) bond motifs is 1. The fourth-order valence-electron chi connectivity index (χ4n) is 1.74. The lowest BCUT2D eigenvalue weighted by Crippen LogP contribution is -2.30. The van der Waals surface area contributed by atoms with Crippen LogP contribution in [0.5, 0.6) is 0 Å². The molecule has 15 heavy (non-hydrogen) atoms. The van der Waals surface area contributed by atoms with Crippen LogP contribution in [0.25, 0.3) is 0 Å². The summed E-state index contributed by atoms with van der Waals surface area (Å²) in [7, 11) is 0. The summed E-state index contributed by atoms with van der Waals surface area (Å²) < 4.78 is -0.207. The van der Waals surface area contributed by atoms with Crippen LogP contribution in [0.3, 0.4) is 0 Å². The Kier molecular flexibility index (Phi) is 2.97. The molecule has 0 bridgehead atoms. The van der Waals surface area contributed by atoms with Crippen molar-refractivity contribution in [1.29, 1.82) is 0 Å². The number of aliphatic hydroxyl groups excluding tert-OH is 1. The third-order valence-electron chi connectivity index (χ3n) is 2.77. The summed E-state index contributed by atoms with van der Waals surface area (Å²) in [6.45, 7) is 4.03. The number of rotatable bonds is 0. The molecule has 1 unspecified atom stereocenters. The highest BCUT2D eigenvalue weighted by molar-refractivity contribution is 8.00. The highest BCUT2D eigenvalue weighted by Gasteiger charge is 2.37. The van der Waals surface area contributed by atoms with Crippen LogP contribution in [0.15, 0.2) is 12.1 Å². The zero-order valence-electron chi connectivity index (χ0n) is 8.55. The zero-order chi connectivity index (χ0) is 11.2. The van der Waals surface area contributed by atoms with E-state index in [0.717, 1.165) is 16.9 Å². The van der Waals surface area contributed by atoms with Crippen LogP contribution < -0.4 is 0 Å². The van der Waals surface area contributed by atoms with Crippen LogP contribution in [0.2, 0.25) is 10.0 Å². The molecule has 1 aromatic carbocycles. The minimum atomic E-state index is -0.558. The van der Waals surface area contributed by atoms with E-state index in [2.05, 4.69) is 0 Å². The molecule has 0 amide bonds. The average molecular weight is 263 g/mol. The van der Waals surface area contributed by atoms with Crippen LogP contribution in [0.4, 0.5) is 0 Å². The van der Waals surface area contributed by atoms with Crippen molar-refractivity contribution in [2.75, 3.05) is 0 Å². The van der Waals surface area contributed by atoms with Crippen molar-refractivity contribution in [2.45, 2.75) is 30.5 Å². The molecule has 0 saturated heterocycles. The first kappa shape index (κ1) is 11.6. The lowest BCUT2D eigenvalue weighted by molar-refractivity contribution is 0.141. The molecule has 1 nitrogen and oxygen atoms in total. The van der Waals surface area contributed by atoms with E-state index in [-0.39, 0.29) is 4.75 Å². The van der Waals surface area contributed by atoms with E-state index in [9.17, 15) is 5.11 Å². The number of aliphatic hydroxyl groups is 1. The Bertz CT molecular complexity index is 404. The van der Waals surface area contributed by atoms with Crippen molar-refractivity contribution in [3.63, 3.8) is 0 Å². The van der Waals surface area contributed by atoms with Crippen molar-refractivity contribution in [3.05, 3.63) is 33.3 Å². The van der Waals surface area contributed by atoms with Gasteiger partial charge >= 0.3 is 0 Å². The van der Waals surface area contributed by atoms with Gasteiger partial charge in [-0.2, -0.15) is 0 Å². The van der Waals surface area contributed by atoms with Crippen molar-refractivity contribution in [3.8, 4) is 0 Å². The normalized spacial score (nSPS) is 23.7. The summed E-state index contributed by atoms with van der Waals surface area (Å²) in [6.07, 6.45) is -0.558. The predicted molar refractivity (Wildman–Crippen MR) is 66.8 cm³/mol. The van der Waals surface area contributed by atoms with Gasteiger partial charge in [0.25, 0.3) is 0 Å². The summed E-state index contributed by atoms with van der Waals surface area (Å²) in [4.78, 5) is 0. The SMILES string of the molecule is CC1(C)SCc2c(Cl)ccc(Cl)c2C1O. The molecule has 4 heteroatoms. The monoisotopic (exact) mass is 262 g/mol. The van der Waals surface area contributed by atoms with Crippen LogP contribution in [-0.2, 0) is 5.75 Å². The Morgan fingerprint density at radius 1 is 1.33 bits per heavy atom. The molecule has 2 rings (SSSR count). The van der Waals surface area contributed by atoms with E-state index in [1.165, 1.54) is 0 Å². The molecule has 82 valence electrons. The molecule has 0 aliphatic carbocycles. The molecule has 1 aromatic rings. The summed E-state index contributed by atoms with van der Waals surface area (Å²) in [5.74, 6) is 0.804. The van der Waals surface area contributed by atoms with Crippen LogP contribution in [0.1, 0.15) is 31.1 Å². The van der Waals surface area contributed by atoms with Crippen molar-refractivity contribution < 1.29 is 5.11 Å². The van der Waals surface area contributed by atoms with E-state index < -0.39 is 6.10 Å². The van der Waals surface area contributed by atoms with Gasteiger partial charge in [0.05, 0.1) is 6.10 Å². The molecular weight excluding hydrogens is 251 g/mol. The predicted octanol–water partition coefficient (Wildman–Crippen LogP) is 4.05. The number of thioether (sulfide) groups is 1. The third-order valence-corrected chi connectivity index (χ3v) is 4.85. The standard InChI is InChI=1S/C11H12Cl2OS/c1-11(2)10(14)9-6(5-15-11)7(12)3-4-8(9)13/h3-4,10,14H,5H2,1-2H3. The average Bonchev–Trinajstić information content (AvgIpc) is 2.16. The van der Waals surface area contributed by atoms with E-state index in [1.54, 1.807) is 23.9 Å². The van der Waals surface area contributed by atoms with Crippen LogP contribution in [0, 0.1) is 0 Å². The number of halogens is 2. The first-order valence-electron chi connectivity index (χ1n) is 4.72. The Morgan fingerprint density at radius 3 is 2.60 bits per heavy atom. The number of benzene rings is 1. The first-order chi connectivity index (χ1) is 6.93. The highest BCUT2D eigenvalue weighted by Crippen LogP contribution is 2.49. The fraction of sp³-hybridized carbons (Fsp3) is 0.455. The summed E-state index contributed by atoms with van der Waals surface area (Å²) in [6, 6.07) is 3.53. The fourth-order valence-corrected chi connectivity index (χ4v) is 3.43. The molecule has 1 aliphatic rings. The second-order valence-corrected chi connectivity index (χ2v) is 6.66. The zero-order valence-corrected chi connectivity index (χ0v) is 10.9. The maximum absolute atomic E-state index is 10.2. The largest absolute Gasteiger partial charge is 0.387 e. The number of hydrogen-bond donors (Lipinski definition) is 1. The summed E-state index contributed by atoms with van der Waals surface area (Å²) >= 11 is 13.9. The van der Waals surface area contributed by atoms with Crippen LogP contribution >= 0.6 is 35.0 Å². The molecule has 0 radical (unpaired) electrons. The quantitative estimate of drug-likeness (QED) is 0.761. The first-order valence-corrected chi connectivity index (χ1v) is 6.46. The highest BCUT2D eigenvalue weighted by atomic mass is 35.5. The number of hydrogen-bond acceptors (Lipinski definition) is 2. The molecule has 1 aliphatic heterocycles. The van der Waals surface area contributed by atoms with Crippen molar-refractivity contribution in [1.82, 2.24) is 0 Å². The minimum absolute atomic E-state index is 0.207. The molecule has 1 N–H and O–H groups in total. The summed E-state index contributed by atoms with van der Waals surface area (Å²) in [5, 5.41) is 11.5. The van der Waals surface area contributed by atoms with Gasteiger partial charge in [-0.05, 0) is 31.5 Å². The lowest BCUT2D eigenvalue weighted by Gasteiger charge is -2.36. The third kappa shape index (κ3) is 1.89. The Hall–Kier alpha value is 0.110. The van der Waals surface area contributed by atoms with Gasteiger partial charge in [0.15, 0.2) is 0 Å². The second-order valence-electron chi connectivity index (χ2n) is 4.22. The van der Waals surface area contributed by atoms with E-state index in [1.807, 2.05) is 13.8 Å². The van der Waals surface area contributed by atoms with Crippen LogP contribution in [-0.4, -0.2) is 9.85 Å². The van der Waals surface area contributed by atoms with Gasteiger partial charge in [-0.15, -0.1) is 11.8 Å². The van der Waals surface area contributed by atoms with E-state index in [4.69, 9.17) is 23.2 Å². The van der Waals surface area contributed by atoms with Gasteiger partial charge in [0.2, 0.25) is 0 Å². The molecule has 1 heterocycles. The Balaban J connectivity index is 2.60. The maximum Gasteiger partial charge on any atom is 0.0949 e. The van der Waals surface area contributed by atoms with Gasteiger partial charge in [-0.3, -0.25) is 0 Å². The van der Waals surface area contributed by atoms with E-state index >= 15 is 0 Å². The minimum Gasteiger partial charge on any atom is -0.387 e. The Labute approximate surface area is 104 Å². The van der Waals surface area contributed by atoms with Crippen molar-refractivity contribution >= 4 is 35.0 Å².